The Balaban J connectivity index is 3.46. The SMILES string of the molecule is CCC(Cl)C(=O)NCl. The molecule has 0 aromatic carbocycles. The molecular formula is C4H7Cl2NO. The van der Waals surface area contributed by atoms with E-state index >= 15 is 0 Å². The average Bonchev–Trinajstić information content (AvgIpc) is 1.84. The summed E-state index contributed by atoms with van der Waals surface area (Å²) in [6.07, 6.45) is 0.597. The fourth-order valence-corrected chi connectivity index (χ4v) is 0.487. The van der Waals surface area contributed by atoms with Crippen LogP contribution in [0.1, 0.15) is 13.3 Å². The van der Waals surface area contributed by atoms with Crippen molar-refractivity contribution < 1.29 is 4.79 Å². The summed E-state index contributed by atoms with van der Waals surface area (Å²) in [4.78, 5) is 12.3. The molecule has 48 valence electrons. The molecule has 0 saturated heterocycles. The van der Waals surface area contributed by atoms with Crippen molar-refractivity contribution in [1.29, 1.82) is 0 Å². The quantitative estimate of drug-likeness (QED) is 0.473. The van der Waals surface area contributed by atoms with E-state index < -0.39 is 5.38 Å². The van der Waals surface area contributed by atoms with E-state index in [1.54, 1.807) is 0 Å². The molecule has 0 bridgehead atoms. The maximum absolute atomic E-state index is 10.4. The number of nitrogens with one attached hydrogen (secondary N) is 1. The van der Waals surface area contributed by atoms with E-state index in [-0.39, 0.29) is 5.91 Å². The summed E-state index contributed by atoms with van der Waals surface area (Å²) in [5, 5.41) is -0.493. The van der Waals surface area contributed by atoms with Gasteiger partial charge in [-0.05, 0) is 6.42 Å². The zero-order valence-electron chi connectivity index (χ0n) is 4.45. The molecule has 0 aromatic rings. The first kappa shape index (κ1) is 8.05. The number of rotatable bonds is 2. The predicted molar refractivity (Wildman–Crippen MR) is 33.9 cm³/mol. The van der Waals surface area contributed by atoms with Crippen LogP contribution < -0.4 is 4.84 Å². The minimum atomic E-state index is -0.493. The molecule has 0 aliphatic carbocycles. The highest BCUT2D eigenvalue weighted by atomic mass is 35.5. The Morgan fingerprint density at radius 1 is 1.88 bits per heavy atom. The maximum Gasteiger partial charge on any atom is 0.252 e. The van der Waals surface area contributed by atoms with Crippen molar-refractivity contribution in [3.05, 3.63) is 0 Å². The van der Waals surface area contributed by atoms with Gasteiger partial charge in [0.05, 0.1) is 0 Å². The molecule has 0 spiro atoms. The molecule has 0 rings (SSSR count). The van der Waals surface area contributed by atoms with Gasteiger partial charge in [0.25, 0.3) is 5.91 Å². The van der Waals surface area contributed by atoms with E-state index in [4.69, 9.17) is 23.4 Å². The summed E-state index contributed by atoms with van der Waals surface area (Å²) in [5.74, 6) is -0.337. The molecule has 1 unspecified atom stereocenters. The monoisotopic (exact) mass is 155 g/mol. The van der Waals surface area contributed by atoms with Crippen molar-refractivity contribution >= 4 is 29.3 Å². The van der Waals surface area contributed by atoms with Crippen molar-refractivity contribution in [1.82, 2.24) is 4.84 Å². The number of halogens is 2. The summed E-state index contributed by atoms with van der Waals surface area (Å²) >= 11 is 10.4. The Labute approximate surface area is 58.3 Å². The fourth-order valence-electron chi connectivity index (χ4n) is 0.245. The topological polar surface area (TPSA) is 29.1 Å². The molecule has 0 aromatic heterocycles. The van der Waals surface area contributed by atoms with Crippen LogP contribution in [0.25, 0.3) is 0 Å². The van der Waals surface area contributed by atoms with Gasteiger partial charge >= 0.3 is 0 Å². The number of carbonyl (C=O) groups is 1. The number of alkyl halides is 1. The lowest BCUT2D eigenvalue weighted by molar-refractivity contribution is -0.119. The number of hydrogen-bond acceptors (Lipinski definition) is 1. The van der Waals surface area contributed by atoms with Crippen molar-refractivity contribution in [3.8, 4) is 0 Å². The maximum atomic E-state index is 10.4. The highest BCUT2D eigenvalue weighted by Crippen LogP contribution is 1.99. The van der Waals surface area contributed by atoms with E-state index in [2.05, 4.69) is 0 Å². The Kier molecular flexibility index (Phi) is 4.01. The van der Waals surface area contributed by atoms with Gasteiger partial charge in [0.1, 0.15) is 5.38 Å². The third-order valence-corrected chi connectivity index (χ3v) is 1.43. The van der Waals surface area contributed by atoms with Gasteiger partial charge in [0.15, 0.2) is 0 Å². The lowest BCUT2D eigenvalue weighted by Gasteiger charge is -1.99. The molecule has 0 heterocycles. The second-order valence-corrected chi connectivity index (χ2v) is 2.05. The first-order valence-corrected chi connectivity index (χ1v) is 3.08. The Morgan fingerprint density at radius 2 is 2.38 bits per heavy atom. The zero-order valence-corrected chi connectivity index (χ0v) is 5.96. The second-order valence-electron chi connectivity index (χ2n) is 1.33. The number of carbonyl (C=O) groups excluding carboxylic acids is 1. The molecule has 8 heavy (non-hydrogen) atoms. The van der Waals surface area contributed by atoms with E-state index in [0.29, 0.717) is 6.42 Å². The average molecular weight is 156 g/mol. The molecule has 0 radical (unpaired) electrons. The van der Waals surface area contributed by atoms with E-state index in [9.17, 15) is 4.79 Å². The summed E-state index contributed by atoms with van der Waals surface area (Å²) in [7, 11) is 0. The lowest BCUT2D eigenvalue weighted by atomic mass is 10.3. The Bertz CT molecular complexity index is 86.1. The Morgan fingerprint density at radius 3 is 2.50 bits per heavy atom. The summed E-state index contributed by atoms with van der Waals surface area (Å²) in [6.45, 7) is 1.81. The van der Waals surface area contributed by atoms with Gasteiger partial charge in [0, 0.05) is 11.8 Å². The van der Waals surface area contributed by atoms with Crippen molar-refractivity contribution in [2.75, 3.05) is 0 Å². The smallest absolute Gasteiger partial charge is 0.252 e. The number of amides is 1. The summed E-state index contributed by atoms with van der Waals surface area (Å²) in [5.41, 5.74) is 0. The summed E-state index contributed by atoms with van der Waals surface area (Å²) in [6, 6.07) is 0. The van der Waals surface area contributed by atoms with Gasteiger partial charge in [-0.25, -0.2) is 0 Å². The first-order valence-electron chi connectivity index (χ1n) is 2.27. The third-order valence-electron chi connectivity index (χ3n) is 0.736. The highest BCUT2D eigenvalue weighted by Gasteiger charge is 2.09. The van der Waals surface area contributed by atoms with Crippen LogP contribution in [0.5, 0.6) is 0 Å². The molecule has 2 nitrogen and oxygen atoms in total. The lowest BCUT2D eigenvalue weighted by Crippen LogP contribution is -2.23. The van der Waals surface area contributed by atoms with Gasteiger partial charge in [-0.1, -0.05) is 6.92 Å². The molecule has 0 aliphatic rings. The van der Waals surface area contributed by atoms with Crippen molar-refractivity contribution in [3.63, 3.8) is 0 Å². The minimum absolute atomic E-state index is 0.337. The van der Waals surface area contributed by atoms with Crippen LogP contribution in [0.4, 0.5) is 0 Å². The third kappa shape index (κ3) is 2.38. The van der Waals surface area contributed by atoms with Crippen LogP contribution in [0.15, 0.2) is 0 Å². The van der Waals surface area contributed by atoms with Gasteiger partial charge in [-0.3, -0.25) is 9.63 Å². The fraction of sp³-hybridized carbons (Fsp3) is 0.750. The predicted octanol–water partition coefficient (Wildman–Crippen LogP) is 1.27. The highest BCUT2D eigenvalue weighted by molar-refractivity contribution is 6.34. The molecule has 1 atom stereocenters. The van der Waals surface area contributed by atoms with Gasteiger partial charge in [0.2, 0.25) is 0 Å². The zero-order chi connectivity index (χ0) is 6.57. The van der Waals surface area contributed by atoms with Gasteiger partial charge in [-0.2, -0.15) is 0 Å². The van der Waals surface area contributed by atoms with Gasteiger partial charge in [-0.15, -0.1) is 11.6 Å². The molecule has 0 aliphatic heterocycles. The van der Waals surface area contributed by atoms with E-state index in [0.717, 1.165) is 0 Å². The molecular weight excluding hydrogens is 149 g/mol. The Hall–Kier alpha value is 0.0500. The van der Waals surface area contributed by atoms with Crippen LogP contribution in [-0.2, 0) is 4.79 Å². The first-order chi connectivity index (χ1) is 3.72. The van der Waals surface area contributed by atoms with Crippen LogP contribution in [0.2, 0.25) is 0 Å². The van der Waals surface area contributed by atoms with Crippen LogP contribution in [0.3, 0.4) is 0 Å². The van der Waals surface area contributed by atoms with Crippen molar-refractivity contribution in [2.24, 2.45) is 0 Å². The molecule has 1 amide bonds. The normalized spacial score (nSPS) is 12.9. The van der Waals surface area contributed by atoms with E-state index in [1.807, 2.05) is 11.8 Å². The van der Waals surface area contributed by atoms with Crippen molar-refractivity contribution in [2.45, 2.75) is 18.7 Å². The van der Waals surface area contributed by atoms with E-state index in [1.165, 1.54) is 0 Å². The molecule has 0 fully saturated rings. The summed E-state index contributed by atoms with van der Waals surface area (Å²) < 4.78 is 0. The van der Waals surface area contributed by atoms with Crippen LogP contribution in [-0.4, -0.2) is 11.3 Å². The van der Waals surface area contributed by atoms with Gasteiger partial charge < -0.3 is 0 Å². The largest absolute Gasteiger partial charge is 0.272 e. The minimum Gasteiger partial charge on any atom is -0.272 e. The van der Waals surface area contributed by atoms with Crippen LogP contribution in [0, 0.1) is 0 Å². The second kappa shape index (κ2) is 3.98. The molecule has 4 heteroatoms. The standard InChI is InChI=1S/C4H7Cl2NO/c1-2-3(5)4(8)7-6/h3H,2H2,1H3,(H,7,8). The molecule has 1 N–H and O–H groups in total. The molecule has 0 saturated carbocycles. The number of hydrogen-bond donors (Lipinski definition) is 1. The van der Waals surface area contributed by atoms with Crippen LogP contribution >= 0.6 is 23.4 Å².